The van der Waals surface area contributed by atoms with E-state index in [9.17, 15) is 4.79 Å². The van der Waals surface area contributed by atoms with Crippen LogP contribution < -0.4 is 15.4 Å². The van der Waals surface area contributed by atoms with Gasteiger partial charge >= 0.3 is 6.03 Å². The molecule has 0 aliphatic heterocycles. The first-order valence-electron chi connectivity index (χ1n) is 5.39. The van der Waals surface area contributed by atoms with Crippen LogP contribution in [0.25, 0.3) is 0 Å². The SMILES string of the molecule is COc1cccc(NC(=O)Nc2ccnn2C)c1. The van der Waals surface area contributed by atoms with Crippen molar-refractivity contribution in [3.8, 4) is 5.75 Å². The predicted molar refractivity (Wildman–Crippen MR) is 68.8 cm³/mol. The number of carbonyl (C=O) groups is 1. The largest absolute Gasteiger partial charge is 0.497 e. The lowest BCUT2D eigenvalue weighted by Gasteiger charge is -2.08. The summed E-state index contributed by atoms with van der Waals surface area (Å²) in [6.07, 6.45) is 1.61. The Morgan fingerprint density at radius 3 is 2.83 bits per heavy atom. The first kappa shape index (κ1) is 12.0. The van der Waals surface area contributed by atoms with Gasteiger partial charge in [-0.05, 0) is 12.1 Å². The van der Waals surface area contributed by atoms with Crippen LogP contribution in [0.3, 0.4) is 0 Å². The molecule has 6 heteroatoms. The lowest BCUT2D eigenvalue weighted by molar-refractivity contribution is 0.262. The summed E-state index contributed by atoms with van der Waals surface area (Å²) in [6.45, 7) is 0. The fourth-order valence-corrected chi connectivity index (χ4v) is 1.48. The van der Waals surface area contributed by atoms with E-state index in [0.717, 1.165) is 0 Å². The minimum absolute atomic E-state index is 0.327. The van der Waals surface area contributed by atoms with E-state index in [1.807, 2.05) is 6.07 Å². The quantitative estimate of drug-likeness (QED) is 0.871. The van der Waals surface area contributed by atoms with Gasteiger partial charge in [-0.15, -0.1) is 0 Å². The molecule has 2 aromatic rings. The van der Waals surface area contributed by atoms with Gasteiger partial charge in [0, 0.05) is 24.9 Å². The monoisotopic (exact) mass is 246 g/mol. The first-order chi connectivity index (χ1) is 8.69. The topological polar surface area (TPSA) is 68.2 Å². The third-order valence-corrected chi connectivity index (χ3v) is 2.39. The number of aryl methyl sites for hydroxylation is 1. The van der Waals surface area contributed by atoms with Crippen molar-refractivity contribution in [1.82, 2.24) is 9.78 Å². The van der Waals surface area contributed by atoms with Gasteiger partial charge in [-0.2, -0.15) is 5.10 Å². The molecule has 0 fully saturated rings. The predicted octanol–water partition coefficient (Wildman–Crippen LogP) is 2.07. The van der Waals surface area contributed by atoms with Gasteiger partial charge in [-0.25, -0.2) is 4.79 Å². The Bertz CT molecular complexity index is 551. The number of benzene rings is 1. The van der Waals surface area contributed by atoms with Gasteiger partial charge in [0.15, 0.2) is 0 Å². The maximum atomic E-state index is 11.7. The number of hydrogen-bond acceptors (Lipinski definition) is 3. The zero-order chi connectivity index (χ0) is 13.0. The van der Waals surface area contributed by atoms with E-state index in [0.29, 0.717) is 17.3 Å². The van der Waals surface area contributed by atoms with Gasteiger partial charge in [-0.1, -0.05) is 6.07 Å². The summed E-state index contributed by atoms with van der Waals surface area (Å²) >= 11 is 0. The van der Waals surface area contributed by atoms with E-state index >= 15 is 0 Å². The van der Waals surface area contributed by atoms with Crippen molar-refractivity contribution < 1.29 is 9.53 Å². The Morgan fingerprint density at radius 2 is 2.17 bits per heavy atom. The third kappa shape index (κ3) is 2.79. The molecular weight excluding hydrogens is 232 g/mol. The molecule has 1 aromatic heterocycles. The van der Waals surface area contributed by atoms with Crippen LogP contribution in [-0.2, 0) is 7.05 Å². The molecule has 0 saturated heterocycles. The molecule has 0 aliphatic rings. The van der Waals surface area contributed by atoms with Crippen LogP contribution in [-0.4, -0.2) is 22.9 Å². The second-order valence-electron chi connectivity index (χ2n) is 3.65. The van der Waals surface area contributed by atoms with Crippen LogP contribution in [0.2, 0.25) is 0 Å². The van der Waals surface area contributed by atoms with Crippen molar-refractivity contribution in [1.29, 1.82) is 0 Å². The molecule has 6 nitrogen and oxygen atoms in total. The van der Waals surface area contributed by atoms with Crippen LogP contribution in [0.15, 0.2) is 36.5 Å². The molecule has 0 spiro atoms. The average molecular weight is 246 g/mol. The van der Waals surface area contributed by atoms with E-state index < -0.39 is 0 Å². The second kappa shape index (κ2) is 5.22. The van der Waals surface area contributed by atoms with Gasteiger partial charge < -0.3 is 10.1 Å². The standard InChI is InChI=1S/C12H14N4O2/c1-16-11(6-7-13-16)15-12(17)14-9-4-3-5-10(8-9)18-2/h3-8H,1-2H3,(H2,14,15,17). The Balaban J connectivity index is 2.01. The molecule has 1 heterocycles. The Morgan fingerprint density at radius 1 is 1.33 bits per heavy atom. The summed E-state index contributed by atoms with van der Waals surface area (Å²) in [5.41, 5.74) is 0.661. The lowest BCUT2D eigenvalue weighted by Crippen LogP contribution is -2.21. The number of aromatic nitrogens is 2. The number of carbonyl (C=O) groups excluding carboxylic acids is 1. The van der Waals surface area contributed by atoms with Crippen molar-refractivity contribution in [3.05, 3.63) is 36.5 Å². The minimum Gasteiger partial charge on any atom is -0.497 e. The number of nitrogens with zero attached hydrogens (tertiary/aromatic N) is 2. The van der Waals surface area contributed by atoms with E-state index in [1.165, 1.54) is 0 Å². The fraction of sp³-hybridized carbons (Fsp3) is 0.167. The maximum absolute atomic E-state index is 11.7. The van der Waals surface area contributed by atoms with Crippen molar-refractivity contribution in [2.24, 2.45) is 7.05 Å². The van der Waals surface area contributed by atoms with Crippen molar-refractivity contribution in [2.75, 3.05) is 17.7 Å². The molecule has 2 amide bonds. The molecule has 0 aliphatic carbocycles. The minimum atomic E-state index is -0.327. The van der Waals surface area contributed by atoms with E-state index in [4.69, 9.17) is 4.74 Å². The molecule has 2 rings (SSSR count). The third-order valence-electron chi connectivity index (χ3n) is 2.39. The summed E-state index contributed by atoms with van der Waals surface area (Å²) in [6, 6.07) is 8.52. The number of nitrogens with one attached hydrogen (secondary N) is 2. The number of ether oxygens (including phenoxy) is 1. The van der Waals surface area contributed by atoms with Crippen LogP contribution in [0, 0.1) is 0 Å². The normalized spacial score (nSPS) is 9.89. The molecule has 1 aromatic carbocycles. The van der Waals surface area contributed by atoms with E-state index in [2.05, 4.69) is 15.7 Å². The Kier molecular flexibility index (Phi) is 3.47. The number of rotatable bonds is 3. The summed E-state index contributed by atoms with van der Waals surface area (Å²) in [5.74, 6) is 1.31. The first-order valence-corrected chi connectivity index (χ1v) is 5.39. The Hall–Kier alpha value is -2.50. The molecule has 94 valence electrons. The maximum Gasteiger partial charge on any atom is 0.324 e. The van der Waals surface area contributed by atoms with Gasteiger partial charge in [0.05, 0.1) is 13.3 Å². The van der Waals surface area contributed by atoms with E-state index in [-0.39, 0.29) is 6.03 Å². The summed E-state index contributed by atoms with van der Waals surface area (Å²) < 4.78 is 6.65. The zero-order valence-corrected chi connectivity index (χ0v) is 10.2. The number of amides is 2. The highest BCUT2D eigenvalue weighted by atomic mass is 16.5. The van der Waals surface area contributed by atoms with Crippen molar-refractivity contribution in [3.63, 3.8) is 0 Å². The summed E-state index contributed by atoms with van der Waals surface area (Å²) in [4.78, 5) is 11.7. The van der Waals surface area contributed by atoms with Gasteiger partial charge in [0.2, 0.25) is 0 Å². The number of anilines is 2. The lowest BCUT2D eigenvalue weighted by atomic mass is 10.3. The molecule has 0 unspecified atom stereocenters. The second-order valence-corrected chi connectivity index (χ2v) is 3.65. The smallest absolute Gasteiger partial charge is 0.324 e. The molecule has 2 N–H and O–H groups in total. The zero-order valence-electron chi connectivity index (χ0n) is 10.2. The number of hydrogen-bond donors (Lipinski definition) is 2. The fourth-order valence-electron chi connectivity index (χ4n) is 1.48. The summed E-state index contributed by atoms with van der Waals surface area (Å²) in [7, 11) is 3.33. The highest BCUT2D eigenvalue weighted by Crippen LogP contribution is 2.16. The van der Waals surface area contributed by atoms with Gasteiger partial charge in [0.25, 0.3) is 0 Å². The number of urea groups is 1. The van der Waals surface area contributed by atoms with Crippen molar-refractivity contribution >= 4 is 17.5 Å². The van der Waals surface area contributed by atoms with E-state index in [1.54, 1.807) is 49.3 Å². The molecule has 0 bridgehead atoms. The molecule has 0 saturated carbocycles. The molecule has 0 radical (unpaired) electrons. The Labute approximate surface area is 105 Å². The van der Waals surface area contributed by atoms with Gasteiger partial charge in [-0.3, -0.25) is 10.00 Å². The van der Waals surface area contributed by atoms with Crippen LogP contribution >= 0.6 is 0 Å². The molecular formula is C12H14N4O2. The van der Waals surface area contributed by atoms with Crippen LogP contribution in [0.4, 0.5) is 16.3 Å². The summed E-state index contributed by atoms with van der Waals surface area (Å²) in [5, 5.41) is 9.35. The average Bonchev–Trinajstić information content (AvgIpc) is 2.75. The van der Waals surface area contributed by atoms with Crippen LogP contribution in [0.5, 0.6) is 5.75 Å². The highest BCUT2D eigenvalue weighted by Gasteiger charge is 2.05. The van der Waals surface area contributed by atoms with Gasteiger partial charge in [0.1, 0.15) is 11.6 Å². The van der Waals surface area contributed by atoms with Crippen molar-refractivity contribution in [2.45, 2.75) is 0 Å². The number of methoxy groups -OCH3 is 1. The highest BCUT2D eigenvalue weighted by molar-refractivity contribution is 5.99. The molecule has 18 heavy (non-hydrogen) atoms. The van der Waals surface area contributed by atoms with Crippen LogP contribution in [0.1, 0.15) is 0 Å². The molecule has 0 atom stereocenters.